The van der Waals surface area contributed by atoms with Gasteiger partial charge in [0, 0.05) is 24.4 Å². The number of thiazole rings is 1. The van der Waals surface area contributed by atoms with Crippen LogP contribution in [0.15, 0.2) is 46.4 Å². The molecule has 1 amide bonds. The molecule has 0 saturated carbocycles. The Morgan fingerprint density at radius 3 is 2.57 bits per heavy atom. The van der Waals surface area contributed by atoms with Crippen LogP contribution in [-0.4, -0.2) is 99.7 Å². The summed E-state index contributed by atoms with van der Waals surface area (Å²) in [4.78, 5) is 25.2. The van der Waals surface area contributed by atoms with E-state index in [2.05, 4.69) is 25.3 Å². The number of nitrogens with zero attached hydrogens (tertiary/aromatic N) is 5. The maximum Gasteiger partial charge on any atom is 0.278 e. The lowest BCUT2D eigenvalue weighted by Crippen LogP contribution is -2.35. The molecular weight excluding hydrogens is 516 g/mol. The molecule has 1 saturated heterocycles. The Balaban J connectivity index is 1.53. The molecule has 1 N–H and O–H groups in total. The molecule has 4 rings (SSSR count). The van der Waals surface area contributed by atoms with Gasteiger partial charge in [-0.2, -0.15) is 5.10 Å². The average Bonchev–Trinajstić information content (AvgIpc) is 3.26. The monoisotopic (exact) mass is 546 g/mol. The number of fused-ring (bicyclic) bond motifs is 1. The van der Waals surface area contributed by atoms with Gasteiger partial charge in [0.1, 0.15) is 10.3 Å². The highest BCUT2D eigenvalue weighted by Crippen LogP contribution is 2.26. The molecule has 0 spiro atoms. The van der Waals surface area contributed by atoms with Crippen LogP contribution in [0, 0.1) is 0 Å². The molecule has 13 heteroatoms. The Labute approximate surface area is 220 Å². The molecule has 1 aromatic carbocycles. The van der Waals surface area contributed by atoms with Crippen molar-refractivity contribution < 1.29 is 22.7 Å². The zero-order valence-corrected chi connectivity index (χ0v) is 22.6. The second-order valence-corrected chi connectivity index (χ2v) is 11.8. The van der Waals surface area contributed by atoms with Crippen molar-refractivity contribution in [3.63, 3.8) is 0 Å². The lowest BCUT2D eigenvalue weighted by atomic mass is 10.1. The molecule has 1 fully saturated rings. The number of anilines is 1. The molecule has 0 atom stereocenters. The maximum atomic E-state index is 13.3. The van der Waals surface area contributed by atoms with Crippen LogP contribution in [0.2, 0.25) is 0 Å². The average molecular weight is 547 g/mol. The van der Waals surface area contributed by atoms with Gasteiger partial charge in [-0.05, 0) is 38.7 Å². The Morgan fingerprint density at radius 1 is 1.16 bits per heavy atom. The summed E-state index contributed by atoms with van der Waals surface area (Å²) in [6, 6.07) is 9.66. The van der Waals surface area contributed by atoms with E-state index in [-0.39, 0.29) is 10.6 Å². The van der Waals surface area contributed by atoms with Crippen LogP contribution < -0.4 is 10.1 Å². The second kappa shape index (κ2) is 11.9. The van der Waals surface area contributed by atoms with Gasteiger partial charge in [-0.1, -0.05) is 23.5 Å². The summed E-state index contributed by atoms with van der Waals surface area (Å²) in [6.07, 6.45) is 2.02. The van der Waals surface area contributed by atoms with Gasteiger partial charge in [0.25, 0.3) is 5.91 Å². The molecule has 3 aromatic rings. The zero-order chi connectivity index (χ0) is 26.4. The summed E-state index contributed by atoms with van der Waals surface area (Å²) in [5.41, 5.74) is 1.29. The predicted molar refractivity (Wildman–Crippen MR) is 143 cm³/mol. The van der Waals surface area contributed by atoms with Crippen molar-refractivity contribution in [1.82, 2.24) is 19.9 Å². The minimum Gasteiger partial charge on any atom is -0.478 e. The molecule has 0 aliphatic carbocycles. The van der Waals surface area contributed by atoms with Crippen molar-refractivity contribution >= 4 is 48.3 Å². The van der Waals surface area contributed by atoms with Crippen molar-refractivity contribution in [2.75, 3.05) is 65.1 Å². The highest BCUT2D eigenvalue weighted by Gasteiger charge is 2.20. The van der Waals surface area contributed by atoms with Crippen LogP contribution in [0.4, 0.5) is 5.13 Å². The first-order valence-corrected chi connectivity index (χ1v) is 14.5. The van der Waals surface area contributed by atoms with Gasteiger partial charge in [0.05, 0.1) is 37.8 Å². The number of carbonyl (C=O) groups is 1. The van der Waals surface area contributed by atoms with Gasteiger partial charge in [0.2, 0.25) is 5.88 Å². The number of sulfone groups is 1. The van der Waals surface area contributed by atoms with Gasteiger partial charge in [-0.25, -0.2) is 18.4 Å². The first-order chi connectivity index (χ1) is 17.7. The first kappa shape index (κ1) is 26.9. The summed E-state index contributed by atoms with van der Waals surface area (Å²) in [5.74, 6) is 0.0473. The zero-order valence-electron chi connectivity index (χ0n) is 21.0. The highest BCUT2D eigenvalue weighted by molar-refractivity contribution is 7.90. The fourth-order valence-electron chi connectivity index (χ4n) is 3.54. The van der Waals surface area contributed by atoms with Gasteiger partial charge in [0.15, 0.2) is 20.7 Å². The standard InChI is InChI=1S/C24H30N6O5S2/c1-29(2)11-4-14-35-20-10-9-19-23(26-20)36-24(25-19)27-22(31)21(28-30-12-15-34-16-13-30)17-5-7-18(8-6-17)37(3,32)33/h5-10H,4,11-16H2,1-3H3,(H,25,27,31)/b28-21+. The quantitative estimate of drug-likeness (QED) is 0.300. The number of ether oxygens (including phenoxy) is 2. The number of rotatable bonds is 10. The van der Waals surface area contributed by atoms with Gasteiger partial charge >= 0.3 is 0 Å². The predicted octanol–water partition coefficient (Wildman–Crippen LogP) is 2.10. The van der Waals surface area contributed by atoms with Crippen molar-refractivity contribution in [3.8, 4) is 5.88 Å². The minimum absolute atomic E-state index is 0.152. The maximum absolute atomic E-state index is 13.3. The minimum atomic E-state index is -3.37. The molecule has 0 unspecified atom stereocenters. The van der Waals surface area contributed by atoms with Gasteiger partial charge in [-0.15, -0.1) is 0 Å². The summed E-state index contributed by atoms with van der Waals surface area (Å²) in [5, 5.41) is 9.53. The number of morpholine rings is 1. The molecule has 0 radical (unpaired) electrons. The molecule has 198 valence electrons. The number of pyridine rings is 1. The van der Waals surface area contributed by atoms with Crippen LogP contribution >= 0.6 is 11.3 Å². The Hall–Kier alpha value is -3.13. The number of hydrazone groups is 1. The van der Waals surface area contributed by atoms with E-state index in [0.29, 0.717) is 59.8 Å². The fraction of sp³-hybridized carbons (Fsp3) is 0.417. The molecule has 2 aromatic heterocycles. The van der Waals surface area contributed by atoms with Gasteiger partial charge < -0.3 is 14.4 Å². The number of carbonyl (C=O) groups excluding carboxylic acids is 1. The number of nitrogens with one attached hydrogen (secondary N) is 1. The van der Waals surface area contributed by atoms with Crippen molar-refractivity contribution in [1.29, 1.82) is 0 Å². The lowest BCUT2D eigenvalue weighted by molar-refractivity contribution is -0.110. The fourth-order valence-corrected chi connectivity index (χ4v) is 4.99. The summed E-state index contributed by atoms with van der Waals surface area (Å²) < 4.78 is 34.8. The van der Waals surface area contributed by atoms with Crippen LogP contribution in [0.5, 0.6) is 5.88 Å². The SMILES string of the molecule is CN(C)CCCOc1ccc2nc(NC(=O)/C(=N/N3CCOCC3)c3ccc(S(C)(=O)=O)cc3)sc2n1. The lowest BCUT2D eigenvalue weighted by Gasteiger charge is -2.24. The van der Waals surface area contributed by atoms with E-state index in [4.69, 9.17) is 9.47 Å². The van der Waals surface area contributed by atoms with E-state index >= 15 is 0 Å². The topological polar surface area (TPSA) is 126 Å². The molecule has 3 heterocycles. The summed E-state index contributed by atoms with van der Waals surface area (Å²) >= 11 is 1.24. The van der Waals surface area contributed by atoms with Crippen LogP contribution in [-0.2, 0) is 19.4 Å². The number of amides is 1. The van der Waals surface area contributed by atoms with E-state index in [9.17, 15) is 13.2 Å². The van der Waals surface area contributed by atoms with Crippen LogP contribution in [0.3, 0.4) is 0 Å². The summed E-state index contributed by atoms with van der Waals surface area (Å²) in [7, 11) is 0.660. The van der Waals surface area contributed by atoms with E-state index in [1.807, 2.05) is 20.2 Å². The van der Waals surface area contributed by atoms with Crippen molar-refractivity contribution in [2.45, 2.75) is 11.3 Å². The molecule has 1 aliphatic heterocycles. The summed E-state index contributed by atoms with van der Waals surface area (Å²) in [6.45, 7) is 3.58. The molecule has 1 aliphatic rings. The smallest absolute Gasteiger partial charge is 0.278 e. The molecule has 0 bridgehead atoms. The Morgan fingerprint density at radius 2 is 1.89 bits per heavy atom. The van der Waals surface area contributed by atoms with Crippen molar-refractivity contribution in [2.24, 2.45) is 5.10 Å². The van der Waals surface area contributed by atoms with Crippen molar-refractivity contribution in [3.05, 3.63) is 42.0 Å². The number of hydrogen-bond donors (Lipinski definition) is 1. The third-order valence-electron chi connectivity index (χ3n) is 5.45. The third kappa shape index (κ3) is 7.44. The second-order valence-electron chi connectivity index (χ2n) is 8.76. The number of benzene rings is 1. The van der Waals surface area contributed by atoms with Crippen LogP contribution in [0.1, 0.15) is 12.0 Å². The van der Waals surface area contributed by atoms with E-state index < -0.39 is 15.7 Å². The van der Waals surface area contributed by atoms with E-state index in [1.54, 1.807) is 23.2 Å². The first-order valence-electron chi connectivity index (χ1n) is 11.8. The Bertz CT molecular complexity index is 1370. The number of aromatic nitrogens is 2. The molecular formula is C24H30N6O5S2. The Kier molecular flexibility index (Phi) is 8.69. The van der Waals surface area contributed by atoms with Gasteiger partial charge in [-0.3, -0.25) is 15.1 Å². The van der Waals surface area contributed by atoms with Crippen LogP contribution in [0.25, 0.3) is 10.3 Å². The highest BCUT2D eigenvalue weighted by atomic mass is 32.2. The molecule has 37 heavy (non-hydrogen) atoms. The normalized spacial score (nSPS) is 14.8. The molecule has 11 nitrogen and oxygen atoms in total. The third-order valence-corrected chi connectivity index (χ3v) is 7.46. The van der Waals surface area contributed by atoms with E-state index in [1.165, 1.54) is 23.5 Å². The number of hydrogen-bond acceptors (Lipinski definition) is 11. The van der Waals surface area contributed by atoms with E-state index in [0.717, 1.165) is 19.2 Å². The largest absolute Gasteiger partial charge is 0.478 e.